The van der Waals surface area contributed by atoms with Crippen LogP contribution < -0.4 is 5.73 Å². The van der Waals surface area contributed by atoms with Crippen LogP contribution in [-0.2, 0) is 9.53 Å². The Morgan fingerprint density at radius 1 is 1.56 bits per heavy atom. The first kappa shape index (κ1) is 13.8. The first-order valence-electron chi connectivity index (χ1n) is 6.85. The van der Waals surface area contributed by atoms with Crippen molar-refractivity contribution in [1.82, 2.24) is 4.90 Å². The number of piperidine rings is 1. The zero-order valence-corrected chi connectivity index (χ0v) is 11.1. The molecule has 0 bridgehead atoms. The lowest BCUT2D eigenvalue weighted by molar-refractivity contribution is -0.152. The van der Waals surface area contributed by atoms with Gasteiger partial charge in [0.25, 0.3) is 0 Å². The topological polar surface area (TPSA) is 75.8 Å². The van der Waals surface area contributed by atoms with Crippen molar-refractivity contribution < 1.29 is 14.6 Å². The summed E-state index contributed by atoms with van der Waals surface area (Å²) in [7, 11) is 1.39. The Bertz CT molecular complexity index is 311. The Hall–Kier alpha value is -0.650. The van der Waals surface area contributed by atoms with Crippen molar-refractivity contribution in [1.29, 1.82) is 0 Å². The molecule has 1 aliphatic carbocycles. The van der Waals surface area contributed by atoms with Gasteiger partial charge in [0.05, 0.1) is 12.7 Å². The van der Waals surface area contributed by atoms with Crippen LogP contribution in [0.5, 0.6) is 0 Å². The Balaban J connectivity index is 2.03. The van der Waals surface area contributed by atoms with Crippen molar-refractivity contribution in [3.05, 3.63) is 0 Å². The van der Waals surface area contributed by atoms with Gasteiger partial charge in [-0.15, -0.1) is 0 Å². The highest BCUT2D eigenvalue weighted by Crippen LogP contribution is 2.40. The number of rotatable bonds is 3. The van der Waals surface area contributed by atoms with E-state index in [-0.39, 0.29) is 24.5 Å². The Morgan fingerprint density at radius 3 is 3.00 bits per heavy atom. The van der Waals surface area contributed by atoms with E-state index in [4.69, 9.17) is 10.5 Å². The minimum Gasteiger partial charge on any atom is -0.468 e. The summed E-state index contributed by atoms with van der Waals surface area (Å²) in [6, 6.07) is -0.360. The lowest BCUT2D eigenvalue weighted by Gasteiger charge is -2.48. The molecule has 3 atom stereocenters. The monoisotopic (exact) mass is 256 g/mol. The van der Waals surface area contributed by atoms with Crippen molar-refractivity contribution in [3.8, 4) is 0 Å². The highest BCUT2D eigenvalue weighted by molar-refractivity contribution is 5.75. The number of fused-ring (bicyclic) bond motifs is 1. The molecule has 104 valence electrons. The summed E-state index contributed by atoms with van der Waals surface area (Å²) in [6.07, 6.45) is 4.98. The summed E-state index contributed by atoms with van der Waals surface area (Å²) < 4.78 is 4.79. The molecule has 18 heavy (non-hydrogen) atoms. The maximum Gasteiger partial charge on any atom is 0.324 e. The molecular weight excluding hydrogens is 232 g/mol. The van der Waals surface area contributed by atoms with E-state index in [9.17, 15) is 9.90 Å². The van der Waals surface area contributed by atoms with Crippen LogP contribution in [0.3, 0.4) is 0 Å². The molecule has 0 spiro atoms. The van der Waals surface area contributed by atoms with Crippen molar-refractivity contribution in [2.24, 2.45) is 11.7 Å². The number of carbonyl (C=O) groups excluding carboxylic acids is 1. The molecule has 5 nitrogen and oxygen atoms in total. The minimum atomic E-state index is -0.510. The van der Waals surface area contributed by atoms with Crippen LogP contribution in [-0.4, -0.2) is 54.4 Å². The minimum absolute atomic E-state index is 0.265. The van der Waals surface area contributed by atoms with Crippen LogP contribution in [0.25, 0.3) is 0 Å². The van der Waals surface area contributed by atoms with Crippen LogP contribution in [0.4, 0.5) is 0 Å². The van der Waals surface area contributed by atoms with Gasteiger partial charge >= 0.3 is 5.97 Å². The summed E-state index contributed by atoms with van der Waals surface area (Å²) >= 11 is 0. The highest BCUT2D eigenvalue weighted by Gasteiger charge is 2.44. The van der Waals surface area contributed by atoms with Crippen LogP contribution in [0, 0.1) is 5.92 Å². The molecule has 0 amide bonds. The maximum absolute atomic E-state index is 11.7. The first-order chi connectivity index (χ1) is 8.60. The van der Waals surface area contributed by atoms with Crippen LogP contribution in [0.2, 0.25) is 0 Å². The fourth-order valence-electron chi connectivity index (χ4n) is 3.41. The number of hydrogen-bond acceptors (Lipinski definition) is 5. The number of nitrogens with zero attached hydrogens (tertiary/aromatic N) is 1. The SMILES string of the molecule is COC(=O)C(CN)N1CCC2(O)CCCCC2C1. The Labute approximate surface area is 108 Å². The normalized spacial score (nSPS) is 34.7. The summed E-state index contributed by atoms with van der Waals surface area (Å²) in [5.41, 5.74) is 5.17. The number of ether oxygens (including phenoxy) is 1. The lowest BCUT2D eigenvalue weighted by Crippen LogP contribution is -2.58. The van der Waals surface area contributed by atoms with E-state index in [2.05, 4.69) is 4.90 Å². The molecule has 0 aromatic rings. The Kier molecular flexibility index (Phi) is 4.25. The van der Waals surface area contributed by atoms with E-state index >= 15 is 0 Å². The van der Waals surface area contributed by atoms with Gasteiger partial charge in [-0.2, -0.15) is 0 Å². The molecule has 3 unspecified atom stereocenters. The quantitative estimate of drug-likeness (QED) is 0.701. The van der Waals surface area contributed by atoms with Gasteiger partial charge < -0.3 is 15.6 Å². The van der Waals surface area contributed by atoms with Gasteiger partial charge in [0, 0.05) is 25.6 Å². The van der Waals surface area contributed by atoms with Gasteiger partial charge in [0.15, 0.2) is 0 Å². The number of esters is 1. The molecule has 5 heteroatoms. The van der Waals surface area contributed by atoms with E-state index in [1.54, 1.807) is 0 Å². The standard InChI is InChI=1S/C13H24N2O3/c1-18-12(16)11(8-14)15-7-6-13(17)5-3-2-4-10(13)9-15/h10-11,17H,2-9,14H2,1H3. The molecule has 1 heterocycles. The zero-order valence-electron chi connectivity index (χ0n) is 11.1. The van der Waals surface area contributed by atoms with Crippen LogP contribution >= 0.6 is 0 Å². The fourth-order valence-corrected chi connectivity index (χ4v) is 3.41. The van der Waals surface area contributed by atoms with Crippen molar-refractivity contribution in [2.75, 3.05) is 26.7 Å². The van der Waals surface area contributed by atoms with E-state index < -0.39 is 5.60 Å². The third-order valence-corrected chi connectivity index (χ3v) is 4.60. The molecule has 2 fully saturated rings. The van der Waals surface area contributed by atoms with Gasteiger partial charge in [0.1, 0.15) is 6.04 Å². The summed E-state index contributed by atoms with van der Waals surface area (Å²) in [5, 5.41) is 10.6. The lowest BCUT2D eigenvalue weighted by atomic mass is 9.71. The molecule has 3 N–H and O–H groups in total. The van der Waals surface area contributed by atoms with Crippen molar-refractivity contribution >= 4 is 5.97 Å². The maximum atomic E-state index is 11.7. The van der Waals surface area contributed by atoms with Gasteiger partial charge in [-0.3, -0.25) is 9.69 Å². The number of aliphatic hydroxyl groups is 1. The van der Waals surface area contributed by atoms with E-state index in [1.807, 2.05) is 0 Å². The van der Waals surface area contributed by atoms with Crippen LogP contribution in [0.1, 0.15) is 32.1 Å². The molecule has 0 radical (unpaired) electrons. The average Bonchev–Trinajstić information content (AvgIpc) is 2.39. The third kappa shape index (κ3) is 2.53. The van der Waals surface area contributed by atoms with E-state index in [0.29, 0.717) is 0 Å². The first-order valence-corrected chi connectivity index (χ1v) is 6.85. The molecule has 0 aromatic heterocycles. The second kappa shape index (κ2) is 5.55. The van der Waals surface area contributed by atoms with Gasteiger partial charge in [-0.25, -0.2) is 0 Å². The molecule has 0 aromatic carbocycles. The van der Waals surface area contributed by atoms with E-state index in [0.717, 1.165) is 38.8 Å². The predicted octanol–water partition coefficient (Wildman–Crippen LogP) is 0.114. The number of methoxy groups -OCH3 is 1. The highest BCUT2D eigenvalue weighted by atomic mass is 16.5. The van der Waals surface area contributed by atoms with Gasteiger partial charge in [0.2, 0.25) is 0 Å². The molecule has 1 aliphatic heterocycles. The largest absolute Gasteiger partial charge is 0.468 e. The van der Waals surface area contributed by atoms with Gasteiger partial charge in [-0.1, -0.05) is 12.8 Å². The molecule has 2 rings (SSSR count). The van der Waals surface area contributed by atoms with E-state index in [1.165, 1.54) is 13.5 Å². The zero-order chi connectivity index (χ0) is 13.2. The smallest absolute Gasteiger partial charge is 0.324 e. The summed E-state index contributed by atoms with van der Waals surface area (Å²) in [5.74, 6) is 0.0115. The number of hydrogen-bond donors (Lipinski definition) is 2. The molecular formula is C13H24N2O3. The van der Waals surface area contributed by atoms with Crippen molar-refractivity contribution in [3.63, 3.8) is 0 Å². The fraction of sp³-hybridized carbons (Fsp3) is 0.923. The summed E-state index contributed by atoms with van der Waals surface area (Å²) in [6.45, 7) is 1.76. The third-order valence-electron chi connectivity index (χ3n) is 4.60. The number of nitrogens with two attached hydrogens (primary N) is 1. The van der Waals surface area contributed by atoms with Gasteiger partial charge in [-0.05, 0) is 19.3 Å². The second-order valence-corrected chi connectivity index (χ2v) is 5.57. The van der Waals surface area contributed by atoms with Crippen molar-refractivity contribution in [2.45, 2.75) is 43.7 Å². The number of likely N-dealkylation sites (tertiary alicyclic amines) is 1. The predicted molar refractivity (Wildman–Crippen MR) is 68.0 cm³/mol. The molecule has 2 aliphatic rings. The average molecular weight is 256 g/mol. The Morgan fingerprint density at radius 2 is 2.33 bits per heavy atom. The second-order valence-electron chi connectivity index (χ2n) is 5.57. The molecule has 1 saturated heterocycles. The summed E-state index contributed by atoms with van der Waals surface area (Å²) in [4.78, 5) is 13.8. The number of carbonyl (C=O) groups is 1. The molecule has 1 saturated carbocycles. The van der Waals surface area contributed by atoms with Crippen LogP contribution in [0.15, 0.2) is 0 Å².